The Morgan fingerprint density at radius 1 is 1.04 bits per heavy atom. The molecule has 0 aromatic rings. The van der Waals surface area contributed by atoms with Crippen LogP contribution in [-0.2, 0) is 9.59 Å². The smallest absolute Gasteiger partial charge is 0.236 e. The second-order valence-electron chi connectivity index (χ2n) is 7.38. The van der Waals surface area contributed by atoms with Crippen LogP contribution in [0.25, 0.3) is 0 Å². The first kappa shape index (κ1) is 18.2. The minimum atomic E-state index is 0.141. The van der Waals surface area contributed by atoms with Crippen LogP contribution < -0.4 is 5.32 Å². The lowest BCUT2D eigenvalue weighted by atomic mass is 9.87. The summed E-state index contributed by atoms with van der Waals surface area (Å²) >= 11 is 0. The predicted molar refractivity (Wildman–Crippen MR) is 91.1 cm³/mol. The zero-order valence-corrected chi connectivity index (χ0v) is 14.9. The normalized spacial score (nSPS) is 26.7. The average molecular weight is 324 g/mol. The Morgan fingerprint density at radius 2 is 1.65 bits per heavy atom. The minimum Gasteiger partial charge on any atom is -0.352 e. The first-order valence-electron chi connectivity index (χ1n) is 8.88. The molecule has 2 unspecified atom stereocenters. The van der Waals surface area contributed by atoms with Crippen molar-refractivity contribution in [2.75, 3.05) is 53.4 Å². The van der Waals surface area contributed by atoms with Crippen LogP contribution in [0.4, 0.5) is 0 Å². The van der Waals surface area contributed by atoms with Gasteiger partial charge in [0.05, 0.1) is 13.1 Å². The summed E-state index contributed by atoms with van der Waals surface area (Å²) in [5.41, 5.74) is 0. The Hall–Kier alpha value is -1.14. The molecule has 2 amide bonds. The molecule has 6 nitrogen and oxygen atoms in total. The van der Waals surface area contributed by atoms with Crippen molar-refractivity contribution < 1.29 is 9.59 Å². The van der Waals surface area contributed by atoms with Crippen LogP contribution in [0.15, 0.2) is 0 Å². The third-order valence-corrected chi connectivity index (χ3v) is 4.99. The van der Waals surface area contributed by atoms with Crippen LogP contribution in [0.5, 0.6) is 0 Å². The monoisotopic (exact) mass is 324 g/mol. The number of carbonyl (C=O) groups is 2. The predicted octanol–water partition coefficient (Wildman–Crippen LogP) is 0.387. The molecule has 2 aliphatic rings. The van der Waals surface area contributed by atoms with Crippen LogP contribution in [0.3, 0.4) is 0 Å². The van der Waals surface area contributed by atoms with Gasteiger partial charge in [-0.15, -0.1) is 0 Å². The summed E-state index contributed by atoms with van der Waals surface area (Å²) in [7, 11) is 3.57. The van der Waals surface area contributed by atoms with Crippen LogP contribution in [-0.4, -0.2) is 85.9 Å². The van der Waals surface area contributed by atoms with E-state index in [-0.39, 0.29) is 11.8 Å². The maximum absolute atomic E-state index is 12.2. The SMILES string of the molecule is CC1CCCC(NC(=O)CN2CCN(CC(=O)N(C)C)CC2)C1. The highest BCUT2D eigenvalue weighted by atomic mass is 16.2. The molecule has 132 valence electrons. The van der Waals surface area contributed by atoms with Crippen molar-refractivity contribution in [3.05, 3.63) is 0 Å². The highest BCUT2D eigenvalue weighted by molar-refractivity contribution is 5.78. The lowest BCUT2D eigenvalue weighted by Crippen LogP contribution is -2.52. The van der Waals surface area contributed by atoms with Crippen molar-refractivity contribution in [1.82, 2.24) is 20.0 Å². The number of hydrogen-bond acceptors (Lipinski definition) is 4. The number of nitrogens with zero attached hydrogens (tertiary/aromatic N) is 3. The molecule has 1 saturated heterocycles. The molecule has 2 atom stereocenters. The van der Waals surface area contributed by atoms with Crippen LogP contribution in [0.2, 0.25) is 0 Å². The molecular formula is C17H32N4O2. The van der Waals surface area contributed by atoms with Gasteiger partial charge in [0.1, 0.15) is 0 Å². The van der Waals surface area contributed by atoms with Gasteiger partial charge < -0.3 is 10.2 Å². The standard InChI is InChI=1S/C17H32N4O2/c1-14-5-4-6-15(11-14)18-16(22)12-20-7-9-21(10-8-20)13-17(23)19(2)3/h14-15H,4-13H2,1-3H3,(H,18,22). The van der Waals surface area contributed by atoms with Crippen LogP contribution >= 0.6 is 0 Å². The number of rotatable bonds is 5. The Morgan fingerprint density at radius 3 is 2.22 bits per heavy atom. The van der Waals surface area contributed by atoms with Gasteiger partial charge in [-0.2, -0.15) is 0 Å². The van der Waals surface area contributed by atoms with Crippen molar-refractivity contribution in [3.63, 3.8) is 0 Å². The van der Waals surface area contributed by atoms with Crippen molar-refractivity contribution >= 4 is 11.8 Å². The first-order valence-corrected chi connectivity index (χ1v) is 8.88. The summed E-state index contributed by atoms with van der Waals surface area (Å²) in [5.74, 6) is 1.02. The number of amides is 2. The van der Waals surface area contributed by atoms with Gasteiger partial charge in [0.15, 0.2) is 0 Å². The highest BCUT2D eigenvalue weighted by Gasteiger charge is 2.23. The Bertz CT molecular complexity index is 405. The molecule has 1 aliphatic carbocycles. The minimum absolute atomic E-state index is 0.141. The van der Waals surface area contributed by atoms with E-state index in [4.69, 9.17) is 0 Å². The molecule has 1 heterocycles. The summed E-state index contributed by atoms with van der Waals surface area (Å²) in [4.78, 5) is 29.9. The topological polar surface area (TPSA) is 55.9 Å². The zero-order valence-electron chi connectivity index (χ0n) is 14.9. The van der Waals surface area contributed by atoms with Crippen molar-refractivity contribution in [3.8, 4) is 0 Å². The van der Waals surface area contributed by atoms with Gasteiger partial charge in [0.2, 0.25) is 11.8 Å². The number of carbonyl (C=O) groups excluding carboxylic acids is 2. The number of piperazine rings is 1. The van der Waals surface area contributed by atoms with Crippen molar-refractivity contribution in [2.45, 2.75) is 38.6 Å². The summed E-state index contributed by atoms with van der Waals surface area (Å²) < 4.78 is 0. The lowest BCUT2D eigenvalue weighted by Gasteiger charge is -2.35. The second kappa shape index (κ2) is 8.64. The molecule has 2 rings (SSSR count). The van der Waals surface area contributed by atoms with E-state index in [1.807, 2.05) is 0 Å². The maximum Gasteiger partial charge on any atom is 0.236 e. The summed E-state index contributed by atoms with van der Waals surface area (Å²) in [5, 5.41) is 3.20. The molecule has 0 aromatic carbocycles. The van der Waals surface area contributed by atoms with Gasteiger partial charge in [-0.1, -0.05) is 19.8 Å². The Labute approximate surface area is 140 Å². The molecule has 23 heavy (non-hydrogen) atoms. The lowest BCUT2D eigenvalue weighted by molar-refractivity contribution is -0.131. The van der Waals surface area contributed by atoms with Crippen LogP contribution in [0.1, 0.15) is 32.6 Å². The third kappa shape index (κ3) is 6.11. The number of hydrogen-bond donors (Lipinski definition) is 1. The fraction of sp³-hybridized carbons (Fsp3) is 0.882. The largest absolute Gasteiger partial charge is 0.352 e. The summed E-state index contributed by atoms with van der Waals surface area (Å²) in [6.07, 6.45) is 4.76. The molecule has 6 heteroatoms. The quantitative estimate of drug-likeness (QED) is 0.795. The van der Waals surface area contributed by atoms with E-state index in [0.29, 0.717) is 19.1 Å². The molecule has 1 N–H and O–H groups in total. The molecule has 0 bridgehead atoms. The molecule has 1 saturated carbocycles. The van der Waals surface area contributed by atoms with Gasteiger partial charge in [0, 0.05) is 46.3 Å². The number of nitrogens with one attached hydrogen (secondary N) is 1. The van der Waals surface area contributed by atoms with E-state index in [2.05, 4.69) is 22.0 Å². The molecule has 2 fully saturated rings. The molecule has 0 spiro atoms. The Kier molecular flexibility index (Phi) is 6.84. The maximum atomic E-state index is 12.2. The van der Waals surface area contributed by atoms with E-state index in [0.717, 1.165) is 44.9 Å². The van der Waals surface area contributed by atoms with Crippen molar-refractivity contribution in [1.29, 1.82) is 0 Å². The average Bonchev–Trinajstić information content (AvgIpc) is 2.49. The van der Waals surface area contributed by atoms with Gasteiger partial charge in [-0.25, -0.2) is 0 Å². The van der Waals surface area contributed by atoms with E-state index < -0.39 is 0 Å². The van der Waals surface area contributed by atoms with Gasteiger partial charge in [0.25, 0.3) is 0 Å². The van der Waals surface area contributed by atoms with E-state index in [1.165, 1.54) is 12.8 Å². The van der Waals surface area contributed by atoms with Gasteiger partial charge in [-0.3, -0.25) is 19.4 Å². The molecular weight excluding hydrogens is 292 g/mol. The molecule has 0 radical (unpaired) electrons. The summed E-state index contributed by atoms with van der Waals surface area (Å²) in [6.45, 7) is 6.66. The van der Waals surface area contributed by atoms with Gasteiger partial charge >= 0.3 is 0 Å². The fourth-order valence-corrected chi connectivity index (χ4v) is 3.48. The zero-order chi connectivity index (χ0) is 16.8. The van der Waals surface area contributed by atoms with E-state index >= 15 is 0 Å². The summed E-state index contributed by atoms with van der Waals surface area (Å²) in [6, 6.07) is 0.366. The van der Waals surface area contributed by atoms with Gasteiger partial charge in [-0.05, 0) is 18.8 Å². The second-order valence-corrected chi connectivity index (χ2v) is 7.38. The van der Waals surface area contributed by atoms with E-state index in [1.54, 1.807) is 19.0 Å². The fourth-order valence-electron chi connectivity index (χ4n) is 3.48. The van der Waals surface area contributed by atoms with Crippen molar-refractivity contribution in [2.24, 2.45) is 5.92 Å². The van der Waals surface area contributed by atoms with E-state index in [9.17, 15) is 9.59 Å². The Balaban J connectivity index is 1.65. The third-order valence-electron chi connectivity index (χ3n) is 4.99. The highest BCUT2D eigenvalue weighted by Crippen LogP contribution is 2.23. The number of likely N-dealkylation sites (N-methyl/N-ethyl adjacent to an activating group) is 1. The molecule has 0 aromatic heterocycles. The van der Waals surface area contributed by atoms with Crippen LogP contribution in [0, 0.1) is 5.92 Å². The first-order chi connectivity index (χ1) is 10.9. The molecule has 1 aliphatic heterocycles.